The predicted octanol–water partition coefficient (Wildman–Crippen LogP) is 4.12. The molecular weight excluding hydrogens is 320 g/mol. The van der Waals surface area contributed by atoms with Crippen molar-refractivity contribution in [3.8, 4) is 17.2 Å². The molecule has 25 heavy (non-hydrogen) atoms. The first-order chi connectivity index (χ1) is 12.1. The minimum atomic E-state index is -1.00. The summed E-state index contributed by atoms with van der Waals surface area (Å²) in [6.07, 6.45) is 2.70. The molecule has 128 valence electrons. The highest BCUT2D eigenvalue weighted by Crippen LogP contribution is 2.42. The van der Waals surface area contributed by atoms with E-state index in [4.69, 9.17) is 19.3 Å². The molecule has 0 aliphatic carbocycles. The molecule has 3 aromatic rings. The third kappa shape index (κ3) is 2.96. The topological polar surface area (TPSA) is 65.0 Å². The van der Waals surface area contributed by atoms with E-state index < -0.39 is 5.97 Å². The van der Waals surface area contributed by atoms with Gasteiger partial charge in [0, 0.05) is 11.5 Å². The van der Waals surface area contributed by atoms with Crippen molar-refractivity contribution in [3.63, 3.8) is 0 Å². The second kappa shape index (κ2) is 6.73. The zero-order valence-electron chi connectivity index (χ0n) is 14.2. The van der Waals surface area contributed by atoms with Crippen LogP contribution in [0.15, 0.2) is 42.5 Å². The molecule has 0 aliphatic heterocycles. The van der Waals surface area contributed by atoms with E-state index in [0.717, 1.165) is 38.9 Å². The molecule has 0 aromatic heterocycles. The third-order valence-corrected chi connectivity index (χ3v) is 4.10. The standard InChI is InChI=1S/C20H18O5/c1-23-14-5-6-16-13(11-14)10-12(4-9-18(21)22)15-7-8-17(24-2)20(25-3)19(15)16/h4-11H,1-3H3,(H,21,22)/b9-4+. The van der Waals surface area contributed by atoms with Gasteiger partial charge in [0.15, 0.2) is 11.5 Å². The van der Waals surface area contributed by atoms with Crippen LogP contribution in [-0.2, 0) is 4.79 Å². The van der Waals surface area contributed by atoms with Gasteiger partial charge in [0.2, 0.25) is 0 Å². The van der Waals surface area contributed by atoms with Gasteiger partial charge in [0.05, 0.1) is 21.3 Å². The van der Waals surface area contributed by atoms with E-state index in [2.05, 4.69) is 0 Å². The van der Waals surface area contributed by atoms with Crippen LogP contribution >= 0.6 is 0 Å². The number of aliphatic carboxylic acids is 1. The Morgan fingerprint density at radius 1 is 0.960 bits per heavy atom. The van der Waals surface area contributed by atoms with Crippen LogP contribution in [0.5, 0.6) is 17.2 Å². The molecule has 0 spiro atoms. The minimum Gasteiger partial charge on any atom is -0.497 e. The fourth-order valence-electron chi connectivity index (χ4n) is 2.99. The number of rotatable bonds is 5. The van der Waals surface area contributed by atoms with Crippen molar-refractivity contribution in [2.75, 3.05) is 21.3 Å². The quantitative estimate of drug-likeness (QED) is 0.560. The highest BCUT2D eigenvalue weighted by atomic mass is 16.5. The van der Waals surface area contributed by atoms with E-state index in [1.54, 1.807) is 27.4 Å². The van der Waals surface area contributed by atoms with Gasteiger partial charge in [0.25, 0.3) is 0 Å². The molecule has 0 radical (unpaired) electrons. The molecule has 0 atom stereocenters. The Morgan fingerprint density at radius 3 is 2.36 bits per heavy atom. The summed E-state index contributed by atoms with van der Waals surface area (Å²) in [6.45, 7) is 0. The number of benzene rings is 3. The van der Waals surface area contributed by atoms with Crippen LogP contribution in [0.25, 0.3) is 27.6 Å². The Labute approximate surface area is 145 Å². The maximum Gasteiger partial charge on any atom is 0.328 e. The van der Waals surface area contributed by atoms with E-state index in [0.29, 0.717) is 11.5 Å². The van der Waals surface area contributed by atoms with E-state index in [-0.39, 0.29) is 0 Å². The lowest BCUT2D eigenvalue weighted by Crippen LogP contribution is -1.94. The van der Waals surface area contributed by atoms with E-state index in [1.165, 1.54) is 0 Å². The number of methoxy groups -OCH3 is 3. The van der Waals surface area contributed by atoms with Crippen molar-refractivity contribution in [1.29, 1.82) is 0 Å². The van der Waals surface area contributed by atoms with Gasteiger partial charge < -0.3 is 19.3 Å². The largest absolute Gasteiger partial charge is 0.497 e. The Hall–Kier alpha value is -3.21. The van der Waals surface area contributed by atoms with Gasteiger partial charge in [-0.1, -0.05) is 0 Å². The zero-order valence-corrected chi connectivity index (χ0v) is 14.2. The normalized spacial score (nSPS) is 11.2. The third-order valence-electron chi connectivity index (χ3n) is 4.10. The molecule has 0 heterocycles. The number of carbonyl (C=O) groups is 1. The second-order valence-electron chi connectivity index (χ2n) is 5.45. The van der Waals surface area contributed by atoms with Crippen molar-refractivity contribution in [1.82, 2.24) is 0 Å². The van der Waals surface area contributed by atoms with Gasteiger partial charge in [-0.15, -0.1) is 0 Å². The Kier molecular flexibility index (Phi) is 4.48. The fourth-order valence-corrected chi connectivity index (χ4v) is 2.99. The maximum absolute atomic E-state index is 10.9. The van der Waals surface area contributed by atoms with Crippen molar-refractivity contribution < 1.29 is 24.1 Å². The highest BCUT2D eigenvalue weighted by Gasteiger charge is 2.15. The van der Waals surface area contributed by atoms with Crippen LogP contribution in [0.4, 0.5) is 0 Å². The summed E-state index contributed by atoms with van der Waals surface area (Å²) in [6, 6.07) is 11.4. The number of hydrogen-bond donors (Lipinski definition) is 1. The monoisotopic (exact) mass is 338 g/mol. The average Bonchev–Trinajstić information content (AvgIpc) is 2.64. The summed E-state index contributed by atoms with van der Waals surface area (Å²) in [7, 11) is 4.78. The number of carboxylic acid groups (broad SMARTS) is 1. The van der Waals surface area contributed by atoms with Crippen molar-refractivity contribution >= 4 is 33.6 Å². The Balaban J connectivity index is 2.47. The van der Waals surface area contributed by atoms with Crippen LogP contribution in [0.2, 0.25) is 0 Å². The molecule has 3 aromatic carbocycles. The molecule has 0 saturated heterocycles. The van der Waals surface area contributed by atoms with E-state index in [1.807, 2.05) is 36.4 Å². The number of carboxylic acids is 1. The molecule has 3 rings (SSSR count). The molecule has 0 saturated carbocycles. The summed E-state index contributed by atoms with van der Waals surface area (Å²) >= 11 is 0. The zero-order chi connectivity index (χ0) is 18.0. The second-order valence-corrected chi connectivity index (χ2v) is 5.45. The molecular formula is C20H18O5. The summed E-state index contributed by atoms with van der Waals surface area (Å²) in [5.41, 5.74) is 0.777. The van der Waals surface area contributed by atoms with Crippen molar-refractivity contribution in [3.05, 3.63) is 48.0 Å². The summed E-state index contributed by atoms with van der Waals surface area (Å²) in [5, 5.41) is 12.6. The van der Waals surface area contributed by atoms with E-state index in [9.17, 15) is 4.79 Å². The molecule has 1 N–H and O–H groups in total. The van der Waals surface area contributed by atoms with E-state index >= 15 is 0 Å². The number of hydrogen-bond acceptors (Lipinski definition) is 4. The van der Waals surface area contributed by atoms with Gasteiger partial charge >= 0.3 is 5.97 Å². The SMILES string of the molecule is COc1ccc2c(c1)cc(/C=C/C(=O)O)c1ccc(OC)c(OC)c12. The summed E-state index contributed by atoms with van der Waals surface area (Å²) in [5.74, 6) is 0.952. The molecule has 5 nitrogen and oxygen atoms in total. The van der Waals surface area contributed by atoms with Gasteiger partial charge in [0.1, 0.15) is 5.75 Å². The van der Waals surface area contributed by atoms with Gasteiger partial charge in [-0.05, 0) is 64.2 Å². The number of fused-ring (bicyclic) bond motifs is 3. The van der Waals surface area contributed by atoms with Crippen molar-refractivity contribution in [2.45, 2.75) is 0 Å². The molecule has 0 bridgehead atoms. The maximum atomic E-state index is 10.9. The Morgan fingerprint density at radius 2 is 1.72 bits per heavy atom. The number of ether oxygens (including phenoxy) is 3. The first-order valence-corrected chi connectivity index (χ1v) is 7.65. The van der Waals surface area contributed by atoms with Gasteiger partial charge in [-0.3, -0.25) is 0 Å². The lowest BCUT2D eigenvalue weighted by Gasteiger charge is -2.15. The van der Waals surface area contributed by atoms with Gasteiger partial charge in [-0.2, -0.15) is 0 Å². The average molecular weight is 338 g/mol. The molecule has 0 fully saturated rings. The highest BCUT2D eigenvalue weighted by molar-refractivity contribution is 6.15. The molecule has 0 unspecified atom stereocenters. The van der Waals surface area contributed by atoms with Crippen LogP contribution in [-0.4, -0.2) is 32.4 Å². The molecule has 0 aliphatic rings. The minimum absolute atomic E-state index is 0.612. The van der Waals surface area contributed by atoms with Crippen LogP contribution < -0.4 is 14.2 Å². The first-order valence-electron chi connectivity index (χ1n) is 7.65. The molecule has 5 heteroatoms. The van der Waals surface area contributed by atoms with Crippen LogP contribution in [0.3, 0.4) is 0 Å². The predicted molar refractivity (Wildman–Crippen MR) is 97.8 cm³/mol. The lowest BCUT2D eigenvalue weighted by molar-refractivity contribution is -0.131. The molecule has 0 amide bonds. The Bertz CT molecular complexity index is 988. The van der Waals surface area contributed by atoms with Crippen molar-refractivity contribution in [2.24, 2.45) is 0 Å². The van der Waals surface area contributed by atoms with Gasteiger partial charge in [-0.25, -0.2) is 4.79 Å². The van der Waals surface area contributed by atoms with Crippen LogP contribution in [0, 0.1) is 0 Å². The van der Waals surface area contributed by atoms with Crippen LogP contribution in [0.1, 0.15) is 5.56 Å². The lowest BCUT2D eigenvalue weighted by atomic mass is 9.95. The smallest absolute Gasteiger partial charge is 0.328 e. The fraction of sp³-hybridized carbons (Fsp3) is 0.150. The first kappa shape index (κ1) is 16.6. The summed E-state index contributed by atoms with van der Waals surface area (Å²) < 4.78 is 16.3. The summed E-state index contributed by atoms with van der Waals surface area (Å²) in [4.78, 5) is 10.9.